The summed E-state index contributed by atoms with van der Waals surface area (Å²) in [5.74, 6) is 0.375. The van der Waals surface area contributed by atoms with E-state index in [9.17, 15) is 4.79 Å². The number of amides is 1. The quantitative estimate of drug-likeness (QED) is 0.779. The van der Waals surface area contributed by atoms with Gasteiger partial charge in [0.05, 0.1) is 17.1 Å². The van der Waals surface area contributed by atoms with E-state index in [4.69, 9.17) is 10.8 Å². The van der Waals surface area contributed by atoms with E-state index >= 15 is 0 Å². The lowest BCUT2D eigenvalue weighted by molar-refractivity contribution is 0.0795. The number of likely N-dealkylation sites (tertiary alicyclic amines) is 1. The Morgan fingerprint density at radius 2 is 2.28 bits per heavy atom. The number of hydrogen-bond acceptors (Lipinski definition) is 5. The van der Waals surface area contributed by atoms with E-state index in [1.165, 1.54) is 0 Å². The first-order valence-corrected chi connectivity index (χ1v) is 9.36. The van der Waals surface area contributed by atoms with Crippen molar-refractivity contribution in [3.05, 3.63) is 45.9 Å². The Kier molecular flexibility index (Phi) is 4.27. The number of carbonyl (C=O) groups excluding carboxylic acids is 1. The lowest BCUT2D eigenvalue weighted by Crippen LogP contribution is -2.27. The topological polar surface area (TPSA) is 77.0 Å². The van der Waals surface area contributed by atoms with Crippen LogP contribution in [0.2, 0.25) is 0 Å². The third kappa shape index (κ3) is 2.94. The van der Waals surface area contributed by atoms with E-state index < -0.39 is 0 Å². The van der Waals surface area contributed by atoms with Crippen LogP contribution in [-0.2, 0) is 6.54 Å². The second kappa shape index (κ2) is 6.57. The molecule has 7 heteroatoms. The Labute approximate surface area is 150 Å². The van der Waals surface area contributed by atoms with Crippen LogP contribution in [0.15, 0.2) is 30.5 Å². The molecule has 0 aliphatic carbocycles. The van der Waals surface area contributed by atoms with E-state index in [-0.39, 0.29) is 11.8 Å². The van der Waals surface area contributed by atoms with E-state index in [2.05, 4.69) is 11.1 Å². The van der Waals surface area contributed by atoms with Gasteiger partial charge in [-0.1, -0.05) is 0 Å². The van der Waals surface area contributed by atoms with Crippen molar-refractivity contribution in [1.82, 2.24) is 19.7 Å². The predicted molar refractivity (Wildman–Crippen MR) is 98.9 cm³/mol. The van der Waals surface area contributed by atoms with Crippen LogP contribution in [0.4, 0.5) is 0 Å². The second-order valence-electron chi connectivity index (χ2n) is 6.42. The maximum atomic E-state index is 12.7. The van der Waals surface area contributed by atoms with Gasteiger partial charge in [-0.25, -0.2) is 9.67 Å². The van der Waals surface area contributed by atoms with Gasteiger partial charge < -0.3 is 10.6 Å². The normalized spacial score (nSPS) is 17.5. The third-order valence-corrected chi connectivity index (χ3v) is 5.68. The molecule has 0 radical (unpaired) electrons. The zero-order valence-corrected chi connectivity index (χ0v) is 15.0. The summed E-state index contributed by atoms with van der Waals surface area (Å²) in [6, 6.07) is 7.92. The van der Waals surface area contributed by atoms with Gasteiger partial charge in [-0.05, 0) is 37.6 Å². The van der Waals surface area contributed by atoms with Crippen LogP contribution >= 0.6 is 11.3 Å². The van der Waals surface area contributed by atoms with Crippen LogP contribution in [0, 0.1) is 6.92 Å². The zero-order valence-electron chi connectivity index (χ0n) is 14.2. The molecule has 0 aromatic carbocycles. The molecule has 25 heavy (non-hydrogen) atoms. The molecule has 1 saturated heterocycles. The standard InChI is InChI=1S/C18H21N5OS/c1-12-4-5-15(25-12)18(24)22-9-6-13(11-22)16-14-3-2-8-20-17(14)23(21-16)10-7-19/h2-5,8,13H,6-7,9-11,19H2,1H3/t13-/m0/s1. The van der Waals surface area contributed by atoms with Crippen molar-refractivity contribution in [2.75, 3.05) is 19.6 Å². The fourth-order valence-corrected chi connectivity index (χ4v) is 4.32. The van der Waals surface area contributed by atoms with Gasteiger partial charge >= 0.3 is 0 Å². The molecule has 4 heterocycles. The number of thiophene rings is 1. The summed E-state index contributed by atoms with van der Waals surface area (Å²) < 4.78 is 1.89. The lowest BCUT2D eigenvalue weighted by atomic mass is 10.0. The van der Waals surface area contributed by atoms with Crippen molar-refractivity contribution in [1.29, 1.82) is 0 Å². The molecule has 1 aliphatic heterocycles. The third-order valence-electron chi connectivity index (χ3n) is 4.69. The largest absolute Gasteiger partial charge is 0.337 e. The summed E-state index contributed by atoms with van der Waals surface area (Å²) in [5.41, 5.74) is 7.61. The van der Waals surface area contributed by atoms with Crippen molar-refractivity contribution in [2.45, 2.75) is 25.8 Å². The number of hydrogen-bond donors (Lipinski definition) is 1. The van der Waals surface area contributed by atoms with E-state index in [0.717, 1.165) is 39.4 Å². The molecule has 1 amide bonds. The summed E-state index contributed by atoms with van der Waals surface area (Å²) in [6.07, 6.45) is 2.71. The Hall–Kier alpha value is -2.25. The van der Waals surface area contributed by atoms with Crippen molar-refractivity contribution >= 4 is 28.3 Å². The second-order valence-corrected chi connectivity index (χ2v) is 7.71. The summed E-state index contributed by atoms with van der Waals surface area (Å²) in [7, 11) is 0. The molecular weight excluding hydrogens is 334 g/mol. The van der Waals surface area contributed by atoms with Gasteiger partial charge in [-0.15, -0.1) is 11.3 Å². The molecule has 0 bridgehead atoms. The Morgan fingerprint density at radius 1 is 1.40 bits per heavy atom. The highest BCUT2D eigenvalue weighted by Gasteiger charge is 2.31. The summed E-state index contributed by atoms with van der Waals surface area (Å²) in [4.78, 5) is 21.1. The first kappa shape index (κ1) is 16.2. The summed E-state index contributed by atoms with van der Waals surface area (Å²) >= 11 is 1.56. The van der Waals surface area contributed by atoms with Crippen LogP contribution in [0.3, 0.4) is 0 Å². The number of fused-ring (bicyclic) bond motifs is 1. The lowest BCUT2D eigenvalue weighted by Gasteiger charge is -2.15. The Morgan fingerprint density at radius 3 is 3.04 bits per heavy atom. The van der Waals surface area contributed by atoms with Crippen molar-refractivity contribution in [3.8, 4) is 0 Å². The molecule has 1 atom stereocenters. The van der Waals surface area contributed by atoms with Gasteiger partial charge in [0.1, 0.15) is 0 Å². The average molecular weight is 355 g/mol. The fourth-order valence-electron chi connectivity index (χ4n) is 3.49. The SMILES string of the molecule is Cc1ccc(C(=O)N2CC[C@H](c3nn(CCN)c4ncccc34)C2)s1. The fraction of sp³-hybridized carbons (Fsp3) is 0.389. The van der Waals surface area contributed by atoms with Crippen LogP contribution in [0.25, 0.3) is 11.0 Å². The first-order chi connectivity index (χ1) is 12.2. The molecule has 1 aliphatic rings. The molecule has 0 spiro atoms. The van der Waals surface area contributed by atoms with Gasteiger partial charge in [0.25, 0.3) is 5.91 Å². The maximum absolute atomic E-state index is 12.7. The molecule has 2 N–H and O–H groups in total. The number of pyridine rings is 1. The van der Waals surface area contributed by atoms with Gasteiger partial charge in [-0.2, -0.15) is 5.10 Å². The minimum Gasteiger partial charge on any atom is -0.337 e. The molecule has 0 unspecified atom stereocenters. The average Bonchev–Trinajstić information content (AvgIpc) is 3.33. The van der Waals surface area contributed by atoms with Gasteiger partial charge in [0.15, 0.2) is 5.65 Å². The highest BCUT2D eigenvalue weighted by atomic mass is 32.1. The van der Waals surface area contributed by atoms with Gasteiger partial charge in [-0.3, -0.25) is 4.79 Å². The minimum atomic E-state index is 0.129. The van der Waals surface area contributed by atoms with Crippen LogP contribution in [-0.4, -0.2) is 45.2 Å². The Balaban J connectivity index is 1.59. The van der Waals surface area contributed by atoms with E-state index in [1.807, 2.05) is 34.7 Å². The smallest absolute Gasteiger partial charge is 0.263 e. The van der Waals surface area contributed by atoms with Crippen molar-refractivity contribution < 1.29 is 4.79 Å². The van der Waals surface area contributed by atoms with Crippen LogP contribution in [0.5, 0.6) is 0 Å². The van der Waals surface area contributed by atoms with E-state index in [1.54, 1.807) is 17.5 Å². The van der Waals surface area contributed by atoms with Crippen molar-refractivity contribution in [3.63, 3.8) is 0 Å². The zero-order chi connectivity index (χ0) is 17.4. The van der Waals surface area contributed by atoms with Gasteiger partial charge in [0.2, 0.25) is 0 Å². The number of nitrogens with zero attached hydrogens (tertiary/aromatic N) is 4. The summed E-state index contributed by atoms with van der Waals surface area (Å²) in [5, 5.41) is 5.84. The number of aromatic nitrogens is 3. The van der Waals surface area contributed by atoms with E-state index in [0.29, 0.717) is 19.6 Å². The molecule has 130 valence electrons. The molecular formula is C18H21N5OS. The molecule has 3 aromatic rings. The summed E-state index contributed by atoms with van der Waals surface area (Å²) in [6.45, 7) is 4.68. The molecule has 4 rings (SSSR count). The highest BCUT2D eigenvalue weighted by Crippen LogP contribution is 2.32. The predicted octanol–water partition coefficient (Wildman–Crippen LogP) is 2.39. The molecule has 1 fully saturated rings. The Bertz CT molecular complexity index is 915. The maximum Gasteiger partial charge on any atom is 0.263 e. The highest BCUT2D eigenvalue weighted by molar-refractivity contribution is 7.13. The molecule has 3 aromatic heterocycles. The van der Waals surface area contributed by atoms with Gasteiger partial charge in [0, 0.05) is 42.0 Å². The monoisotopic (exact) mass is 355 g/mol. The molecule has 6 nitrogen and oxygen atoms in total. The number of carbonyl (C=O) groups is 1. The van der Waals surface area contributed by atoms with Crippen LogP contribution in [0.1, 0.15) is 32.6 Å². The number of aryl methyl sites for hydroxylation is 1. The van der Waals surface area contributed by atoms with Crippen molar-refractivity contribution in [2.24, 2.45) is 5.73 Å². The number of rotatable bonds is 4. The molecule has 0 saturated carbocycles. The van der Waals surface area contributed by atoms with Crippen LogP contribution < -0.4 is 5.73 Å². The minimum absolute atomic E-state index is 0.129. The first-order valence-electron chi connectivity index (χ1n) is 8.54. The number of nitrogens with two attached hydrogens (primary N) is 1.